The van der Waals surface area contributed by atoms with Crippen LogP contribution in [0, 0.1) is 0 Å². The smallest absolute Gasteiger partial charge is 0.335 e. The number of carboxylic acid groups (broad SMARTS) is 2. The molecule has 1 aromatic carbocycles. The molecule has 0 fully saturated rings. The number of carboxylic acids is 2. The zero-order chi connectivity index (χ0) is 10.7. The fraction of sp³-hybridized carbons (Fsp3) is 0.200. The number of aromatic carboxylic acids is 1. The molecule has 4 heteroatoms. The van der Waals surface area contributed by atoms with Crippen LogP contribution in [-0.2, 0) is 4.79 Å². The minimum atomic E-state index is -1.01. The van der Waals surface area contributed by atoms with Crippen LogP contribution in [0.3, 0.4) is 0 Å². The summed E-state index contributed by atoms with van der Waals surface area (Å²) in [5.74, 6) is -2.55. The van der Waals surface area contributed by atoms with Crippen molar-refractivity contribution in [2.75, 3.05) is 0 Å². The van der Waals surface area contributed by atoms with E-state index < -0.39 is 17.9 Å². The third-order valence-corrected chi connectivity index (χ3v) is 2.03. The van der Waals surface area contributed by atoms with Crippen molar-refractivity contribution in [1.82, 2.24) is 0 Å². The van der Waals surface area contributed by atoms with Crippen molar-refractivity contribution >= 4 is 11.9 Å². The summed E-state index contributed by atoms with van der Waals surface area (Å²) < 4.78 is 0. The number of hydrogen-bond acceptors (Lipinski definition) is 2. The molecule has 0 aliphatic heterocycles. The number of carbonyl (C=O) groups is 2. The predicted octanol–water partition coefficient (Wildman–Crippen LogP) is 1.57. The van der Waals surface area contributed by atoms with E-state index in [1.165, 1.54) is 24.3 Å². The Labute approximate surface area is 80.8 Å². The van der Waals surface area contributed by atoms with Crippen LogP contribution >= 0.6 is 0 Å². The quantitative estimate of drug-likeness (QED) is 0.765. The molecule has 1 rings (SSSR count). The van der Waals surface area contributed by atoms with Crippen LogP contribution in [0.25, 0.3) is 0 Å². The lowest BCUT2D eigenvalue weighted by molar-refractivity contribution is -0.138. The maximum Gasteiger partial charge on any atom is 0.335 e. The fourth-order valence-corrected chi connectivity index (χ4v) is 1.06. The highest BCUT2D eigenvalue weighted by molar-refractivity contribution is 5.87. The Morgan fingerprint density at radius 2 is 1.64 bits per heavy atom. The molecule has 4 nitrogen and oxygen atoms in total. The highest BCUT2D eigenvalue weighted by atomic mass is 16.4. The minimum Gasteiger partial charge on any atom is -0.481 e. The van der Waals surface area contributed by atoms with E-state index in [-0.39, 0.29) is 5.56 Å². The molecule has 0 radical (unpaired) electrons. The van der Waals surface area contributed by atoms with Gasteiger partial charge in [-0.25, -0.2) is 4.79 Å². The third-order valence-electron chi connectivity index (χ3n) is 2.03. The van der Waals surface area contributed by atoms with E-state index in [2.05, 4.69) is 0 Å². The van der Waals surface area contributed by atoms with E-state index in [0.717, 1.165) is 0 Å². The fourth-order valence-electron chi connectivity index (χ4n) is 1.06. The average Bonchev–Trinajstić information content (AvgIpc) is 2.16. The van der Waals surface area contributed by atoms with E-state index in [1.54, 1.807) is 6.92 Å². The van der Waals surface area contributed by atoms with Crippen molar-refractivity contribution in [3.8, 4) is 0 Å². The molecular formula is C10H10O4. The maximum atomic E-state index is 10.6. The van der Waals surface area contributed by atoms with Gasteiger partial charge in [-0.2, -0.15) is 0 Å². The number of hydrogen-bond donors (Lipinski definition) is 2. The average molecular weight is 194 g/mol. The molecule has 0 heterocycles. The van der Waals surface area contributed by atoms with E-state index in [1.807, 2.05) is 0 Å². The van der Waals surface area contributed by atoms with Crippen molar-refractivity contribution in [1.29, 1.82) is 0 Å². The molecule has 1 unspecified atom stereocenters. The number of rotatable bonds is 3. The van der Waals surface area contributed by atoms with Crippen LogP contribution in [0.2, 0.25) is 0 Å². The summed E-state index contributed by atoms with van der Waals surface area (Å²) in [4.78, 5) is 21.1. The summed E-state index contributed by atoms with van der Waals surface area (Å²) in [6.07, 6.45) is 0. The number of aliphatic carboxylic acids is 1. The van der Waals surface area contributed by atoms with Crippen LogP contribution in [0.15, 0.2) is 24.3 Å². The van der Waals surface area contributed by atoms with E-state index >= 15 is 0 Å². The normalized spacial score (nSPS) is 12.1. The molecule has 0 aliphatic rings. The van der Waals surface area contributed by atoms with Crippen LogP contribution in [-0.4, -0.2) is 22.2 Å². The summed E-state index contributed by atoms with van der Waals surface area (Å²) in [6.45, 7) is 1.55. The van der Waals surface area contributed by atoms with Gasteiger partial charge in [0.05, 0.1) is 11.5 Å². The standard InChI is InChI=1S/C10H10O4/c1-6(9(11)12)7-2-4-8(5-3-7)10(13)14/h2-6H,1H3,(H,11,12)(H,13,14). The zero-order valence-corrected chi connectivity index (χ0v) is 7.60. The Bertz CT molecular complexity index is 353. The third kappa shape index (κ3) is 2.10. The van der Waals surface area contributed by atoms with Crippen LogP contribution in [0.5, 0.6) is 0 Å². The summed E-state index contributed by atoms with van der Waals surface area (Å²) in [6, 6.07) is 5.83. The Morgan fingerprint density at radius 3 is 2.00 bits per heavy atom. The van der Waals surface area contributed by atoms with E-state index in [0.29, 0.717) is 5.56 Å². The van der Waals surface area contributed by atoms with Gasteiger partial charge >= 0.3 is 11.9 Å². The largest absolute Gasteiger partial charge is 0.481 e. The van der Waals surface area contributed by atoms with Crippen molar-refractivity contribution in [2.45, 2.75) is 12.8 Å². The minimum absolute atomic E-state index is 0.159. The van der Waals surface area contributed by atoms with Gasteiger partial charge in [0.1, 0.15) is 0 Å². The van der Waals surface area contributed by atoms with Gasteiger partial charge in [0, 0.05) is 0 Å². The molecule has 74 valence electrons. The van der Waals surface area contributed by atoms with Crippen LogP contribution in [0.4, 0.5) is 0 Å². The molecule has 0 bridgehead atoms. The first-order valence-electron chi connectivity index (χ1n) is 4.08. The molecule has 0 aromatic heterocycles. The maximum absolute atomic E-state index is 10.6. The van der Waals surface area contributed by atoms with Gasteiger partial charge in [-0.05, 0) is 24.6 Å². The number of benzene rings is 1. The highest BCUT2D eigenvalue weighted by Gasteiger charge is 2.13. The molecule has 0 amide bonds. The first-order valence-corrected chi connectivity index (χ1v) is 4.08. The Balaban J connectivity index is 2.94. The second-order valence-corrected chi connectivity index (χ2v) is 2.99. The van der Waals surface area contributed by atoms with Gasteiger partial charge in [-0.1, -0.05) is 12.1 Å². The molecule has 1 aromatic rings. The monoisotopic (exact) mass is 194 g/mol. The van der Waals surface area contributed by atoms with E-state index in [4.69, 9.17) is 10.2 Å². The van der Waals surface area contributed by atoms with Crippen molar-refractivity contribution in [2.24, 2.45) is 0 Å². The SMILES string of the molecule is CC(C(=O)O)c1ccc(C(=O)O)cc1. The lowest BCUT2D eigenvalue weighted by atomic mass is 10.0. The first-order chi connectivity index (χ1) is 6.52. The van der Waals surface area contributed by atoms with Crippen molar-refractivity contribution in [3.05, 3.63) is 35.4 Å². The first kappa shape index (κ1) is 10.2. The van der Waals surface area contributed by atoms with Crippen molar-refractivity contribution in [3.63, 3.8) is 0 Å². The zero-order valence-electron chi connectivity index (χ0n) is 7.60. The lowest BCUT2D eigenvalue weighted by Gasteiger charge is -2.05. The topological polar surface area (TPSA) is 74.6 Å². The van der Waals surface area contributed by atoms with Gasteiger partial charge < -0.3 is 10.2 Å². The molecular weight excluding hydrogens is 184 g/mol. The second kappa shape index (κ2) is 3.91. The summed E-state index contributed by atoms with van der Waals surface area (Å²) in [7, 11) is 0. The van der Waals surface area contributed by atoms with Crippen molar-refractivity contribution < 1.29 is 19.8 Å². The summed E-state index contributed by atoms with van der Waals surface area (Å²) in [5.41, 5.74) is 0.758. The Kier molecular flexibility index (Phi) is 2.86. The highest BCUT2D eigenvalue weighted by Crippen LogP contribution is 2.15. The molecule has 0 aliphatic carbocycles. The van der Waals surface area contributed by atoms with Gasteiger partial charge in [0.25, 0.3) is 0 Å². The lowest BCUT2D eigenvalue weighted by Crippen LogP contribution is -2.07. The van der Waals surface area contributed by atoms with E-state index in [9.17, 15) is 9.59 Å². The molecule has 14 heavy (non-hydrogen) atoms. The molecule has 0 saturated heterocycles. The second-order valence-electron chi connectivity index (χ2n) is 2.99. The van der Waals surface area contributed by atoms with Gasteiger partial charge in [0.15, 0.2) is 0 Å². The summed E-state index contributed by atoms with van der Waals surface area (Å²) in [5, 5.41) is 17.3. The molecule has 0 saturated carbocycles. The van der Waals surface area contributed by atoms with Gasteiger partial charge in [0.2, 0.25) is 0 Å². The Morgan fingerprint density at radius 1 is 1.14 bits per heavy atom. The van der Waals surface area contributed by atoms with Gasteiger partial charge in [-0.15, -0.1) is 0 Å². The Hall–Kier alpha value is -1.84. The summed E-state index contributed by atoms with van der Waals surface area (Å²) >= 11 is 0. The molecule has 0 spiro atoms. The van der Waals surface area contributed by atoms with Crippen LogP contribution in [0.1, 0.15) is 28.8 Å². The molecule has 2 N–H and O–H groups in total. The molecule has 1 atom stereocenters. The van der Waals surface area contributed by atoms with Gasteiger partial charge in [-0.3, -0.25) is 4.79 Å². The van der Waals surface area contributed by atoms with Crippen LogP contribution < -0.4 is 0 Å². The predicted molar refractivity (Wildman–Crippen MR) is 49.5 cm³/mol.